The summed E-state index contributed by atoms with van der Waals surface area (Å²) in [5.74, 6) is -1.33. The molecule has 3 aromatic carbocycles. The normalized spacial score (nSPS) is 21.6. The lowest BCUT2D eigenvalue weighted by atomic mass is 9.75. The fourth-order valence-electron chi connectivity index (χ4n) is 10.4. The molecule has 4 amide bonds. The van der Waals surface area contributed by atoms with Crippen molar-refractivity contribution in [2.75, 3.05) is 41.3 Å². The number of ether oxygens (including phenoxy) is 1. The number of fused-ring (bicyclic) bond motifs is 3. The van der Waals surface area contributed by atoms with Crippen LogP contribution in [0.15, 0.2) is 66.7 Å². The van der Waals surface area contributed by atoms with E-state index in [1.54, 1.807) is 24.8 Å². The van der Waals surface area contributed by atoms with Gasteiger partial charge in [0.25, 0.3) is 0 Å². The summed E-state index contributed by atoms with van der Waals surface area (Å²) in [7, 11) is 8.49. The highest BCUT2D eigenvalue weighted by Gasteiger charge is 2.39. The topological polar surface area (TPSA) is 156 Å². The van der Waals surface area contributed by atoms with Gasteiger partial charge in [0.15, 0.2) is 0 Å². The Labute approximate surface area is 422 Å². The van der Waals surface area contributed by atoms with E-state index in [0.717, 1.165) is 96.4 Å². The molecule has 1 aliphatic heterocycles. The molecule has 0 radical (unpaired) electrons. The van der Waals surface area contributed by atoms with E-state index in [2.05, 4.69) is 77.1 Å². The number of nitrogens with one attached hydrogen (secondary N) is 4. The molecule has 4 N–H and O–H groups in total. The van der Waals surface area contributed by atoms with Crippen molar-refractivity contribution in [3.63, 3.8) is 0 Å². The second-order valence-corrected chi connectivity index (χ2v) is 20.8. The minimum Gasteiger partial charge on any atom is -0.464 e. The summed E-state index contributed by atoms with van der Waals surface area (Å²) in [6, 6.07) is 20.3. The van der Waals surface area contributed by atoms with E-state index in [-0.39, 0.29) is 84.9 Å². The van der Waals surface area contributed by atoms with Gasteiger partial charge in [-0.05, 0) is 160 Å². The zero-order valence-electron chi connectivity index (χ0n) is 41.7. The van der Waals surface area contributed by atoms with Crippen molar-refractivity contribution in [1.82, 2.24) is 35.6 Å². The Morgan fingerprint density at radius 3 is 1.90 bits per heavy atom. The lowest BCUT2D eigenvalue weighted by Gasteiger charge is -2.45. The number of benzene rings is 3. The Hall–Kier alpha value is -5.02. The third kappa shape index (κ3) is 14.8. The number of esters is 1. The van der Waals surface area contributed by atoms with Crippen LogP contribution in [0.4, 0.5) is 4.39 Å². The maximum atomic E-state index is 13.8. The van der Waals surface area contributed by atoms with Crippen molar-refractivity contribution in [2.45, 2.75) is 146 Å². The van der Waals surface area contributed by atoms with E-state index in [0.29, 0.717) is 19.5 Å². The summed E-state index contributed by atoms with van der Waals surface area (Å²) in [6.07, 6.45) is 10.6. The third-order valence-corrected chi connectivity index (χ3v) is 15.3. The number of rotatable bonds is 17. The van der Waals surface area contributed by atoms with E-state index >= 15 is 0 Å². The van der Waals surface area contributed by atoms with Crippen molar-refractivity contribution in [3.05, 3.63) is 105 Å². The number of carbonyl (C=O) groups is 5. The fraction of sp³-hybridized carbons (Fsp3) is 0.537. The van der Waals surface area contributed by atoms with Gasteiger partial charge in [-0.25, -0.2) is 9.18 Å². The van der Waals surface area contributed by atoms with Gasteiger partial charge in [-0.15, -0.1) is 0 Å². The SMILES string of the molecule is CCOC(=O)C(C)NC(=O)CCC(=O)NC1CCC(Cc2ccc(Cl)cc2)(N(C)C)CC1.CN(C)C1(Cc2cccc(Cl)c2)CCC(NC(=O)CCC(=O)N2CCc3[nH]c4ccc(F)cc4c3C2)CC1. The number of hydrogen-bond acceptors (Lipinski definition) is 8. The standard InChI is InChI=1S/C30H36ClFN4O2.C24H36ClN3O4/c1-35(2)30(18-20-4-3-5-21(31)16-20)13-10-23(11-14-30)33-28(37)8-9-29(38)36-15-12-27-25(19-36)24-17-22(32)6-7-26(24)34-27;1-5-32-23(31)17(2)26-21(29)10-11-22(30)27-20-12-14-24(15-13-20,28(3)4)16-18-6-8-19(25)9-7-18/h3-7,16-17,23,34H,8-15,18-19H2,1-2H3,(H,33,37);6-9,17,20H,5,10-16H2,1-4H3,(H,26,29)(H,27,30). The minimum absolute atomic E-state index is 0.0339. The van der Waals surface area contributed by atoms with Gasteiger partial charge >= 0.3 is 5.97 Å². The number of aromatic nitrogens is 1. The molecular weight excluding hydrogens is 933 g/mol. The Balaban J connectivity index is 0.000000234. The van der Waals surface area contributed by atoms with Gasteiger partial charge in [0.05, 0.1) is 6.61 Å². The summed E-state index contributed by atoms with van der Waals surface area (Å²) in [5, 5.41) is 11.1. The molecule has 16 heteroatoms. The Morgan fingerprint density at radius 2 is 1.33 bits per heavy atom. The second kappa shape index (κ2) is 24.9. The van der Waals surface area contributed by atoms with Gasteiger partial charge in [-0.1, -0.05) is 47.5 Å². The number of nitrogens with zero attached hydrogens (tertiary/aromatic N) is 3. The van der Waals surface area contributed by atoms with Crippen molar-refractivity contribution in [1.29, 1.82) is 0 Å². The molecule has 0 bridgehead atoms. The van der Waals surface area contributed by atoms with Gasteiger partial charge < -0.3 is 40.4 Å². The average molecular weight is 1010 g/mol. The molecule has 4 aromatic rings. The molecule has 2 saturated carbocycles. The zero-order chi connectivity index (χ0) is 50.6. The van der Waals surface area contributed by atoms with Crippen LogP contribution >= 0.6 is 23.2 Å². The van der Waals surface area contributed by atoms with Crippen LogP contribution in [0.1, 0.15) is 113 Å². The van der Waals surface area contributed by atoms with Crippen LogP contribution in [0.3, 0.4) is 0 Å². The largest absolute Gasteiger partial charge is 0.464 e. The molecule has 3 aliphatic rings. The molecule has 0 saturated heterocycles. The molecule has 2 aliphatic carbocycles. The summed E-state index contributed by atoms with van der Waals surface area (Å²) >= 11 is 12.2. The zero-order valence-corrected chi connectivity index (χ0v) is 43.2. The van der Waals surface area contributed by atoms with E-state index in [4.69, 9.17) is 27.9 Å². The van der Waals surface area contributed by atoms with Crippen LogP contribution < -0.4 is 16.0 Å². The average Bonchev–Trinajstić information content (AvgIpc) is 3.69. The van der Waals surface area contributed by atoms with E-state index in [1.807, 2.05) is 30.3 Å². The van der Waals surface area contributed by atoms with E-state index in [1.165, 1.54) is 23.3 Å². The first-order valence-corrected chi connectivity index (χ1v) is 25.6. The maximum Gasteiger partial charge on any atom is 0.328 e. The second-order valence-electron chi connectivity index (χ2n) is 19.9. The highest BCUT2D eigenvalue weighted by Crippen LogP contribution is 2.37. The molecular formula is C54H72Cl2FN7O6. The van der Waals surface area contributed by atoms with Crippen molar-refractivity contribution in [2.24, 2.45) is 0 Å². The van der Waals surface area contributed by atoms with Crippen molar-refractivity contribution < 1.29 is 33.1 Å². The van der Waals surface area contributed by atoms with Crippen LogP contribution in [-0.2, 0) is 54.5 Å². The smallest absolute Gasteiger partial charge is 0.328 e. The molecule has 2 heterocycles. The van der Waals surface area contributed by atoms with Gasteiger partial charge in [-0.2, -0.15) is 0 Å². The number of likely N-dealkylation sites (N-methyl/N-ethyl adjacent to an activating group) is 2. The van der Waals surface area contributed by atoms with Crippen LogP contribution in [0.5, 0.6) is 0 Å². The first-order chi connectivity index (χ1) is 33.4. The van der Waals surface area contributed by atoms with E-state index < -0.39 is 12.0 Å². The molecule has 7 rings (SSSR count). The number of carbonyl (C=O) groups excluding carboxylic acids is 5. The van der Waals surface area contributed by atoms with E-state index in [9.17, 15) is 28.4 Å². The van der Waals surface area contributed by atoms with Gasteiger partial charge in [0.1, 0.15) is 11.9 Å². The number of aromatic amines is 1. The van der Waals surface area contributed by atoms with Gasteiger partial charge in [0, 0.05) is 101 Å². The predicted molar refractivity (Wildman–Crippen MR) is 274 cm³/mol. The number of amides is 4. The molecule has 13 nitrogen and oxygen atoms in total. The van der Waals surface area contributed by atoms with Crippen LogP contribution in [-0.4, -0.2) is 120 Å². The quantitative estimate of drug-likeness (QED) is 0.0771. The molecule has 2 fully saturated rings. The van der Waals surface area contributed by atoms with Crippen LogP contribution in [0.2, 0.25) is 10.0 Å². The van der Waals surface area contributed by atoms with Gasteiger partial charge in [-0.3, -0.25) is 19.2 Å². The Kier molecular flexibility index (Phi) is 19.3. The summed E-state index contributed by atoms with van der Waals surface area (Å²) in [4.78, 5) is 71.4. The highest BCUT2D eigenvalue weighted by molar-refractivity contribution is 6.30. The van der Waals surface area contributed by atoms with Crippen LogP contribution in [0.25, 0.3) is 10.9 Å². The lowest BCUT2D eigenvalue weighted by molar-refractivity contribution is -0.146. The molecule has 1 unspecified atom stereocenters. The van der Waals surface area contributed by atoms with Crippen LogP contribution in [0, 0.1) is 5.82 Å². The predicted octanol–water partition coefficient (Wildman–Crippen LogP) is 8.32. The first-order valence-electron chi connectivity index (χ1n) is 24.8. The fourth-order valence-corrected chi connectivity index (χ4v) is 10.8. The third-order valence-electron chi connectivity index (χ3n) is 14.8. The van der Waals surface area contributed by atoms with Crippen molar-refractivity contribution in [3.8, 4) is 0 Å². The summed E-state index contributed by atoms with van der Waals surface area (Å²) in [6.45, 7) is 4.59. The maximum absolute atomic E-state index is 13.8. The first kappa shape index (κ1) is 54.3. The number of hydrogen-bond donors (Lipinski definition) is 4. The monoisotopic (exact) mass is 1000 g/mol. The number of H-pyrrole nitrogens is 1. The molecule has 0 spiro atoms. The number of halogens is 3. The lowest BCUT2D eigenvalue weighted by Crippen LogP contribution is -2.52. The summed E-state index contributed by atoms with van der Waals surface area (Å²) < 4.78 is 18.7. The Morgan fingerprint density at radius 1 is 0.757 bits per heavy atom. The highest BCUT2D eigenvalue weighted by atomic mass is 35.5. The Bertz CT molecular complexity index is 2430. The van der Waals surface area contributed by atoms with Crippen molar-refractivity contribution >= 4 is 63.7 Å². The van der Waals surface area contributed by atoms with Gasteiger partial charge in [0.2, 0.25) is 23.6 Å². The minimum atomic E-state index is -0.719. The molecule has 380 valence electrons. The molecule has 1 atom stereocenters. The molecule has 1 aromatic heterocycles. The molecule has 70 heavy (non-hydrogen) atoms. The summed E-state index contributed by atoms with van der Waals surface area (Å²) in [5.41, 5.74) is 5.52.